The molecule has 0 spiro atoms. The maximum absolute atomic E-state index is 12.7. The zero-order chi connectivity index (χ0) is 22.4. The lowest BCUT2D eigenvalue weighted by Crippen LogP contribution is -2.44. The molecule has 0 saturated heterocycles. The molecule has 0 unspecified atom stereocenters. The summed E-state index contributed by atoms with van der Waals surface area (Å²) in [4.78, 5) is 38.2. The Balaban J connectivity index is 2.84. The van der Waals surface area contributed by atoms with Crippen molar-refractivity contribution < 1.29 is 23.9 Å². The van der Waals surface area contributed by atoms with Gasteiger partial charge in [-0.2, -0.15) is 0 Å². The second-order valence-corrected chi connectivity index (χ2v) is 9.76. The molecule has 1 rings (SSSR count). The summed E-state index contributed by atoms with van der Waals surface area (Å²) >= 11 is 9.30. The Morgan fingerprint density at radius 3 is 2.14 bits per heavy atom. The third kappa shape index (κ3) is 10.5. The molecule has 0 fully saturated rings. The van der Waals surface area contributed by atoms with Gasteiger partial charge in [0.1, 0.15) is 11.2 Å². The van der Waals surface area contributed by atoms with E-state index >= 15 is 0 Å². The van der Waals surface area contributed by atoms with E-state index in [1.807, 2.05) is 0 Å². The zero-order valence-corrected chi connectivity index (χ0v) is 19.9. The predicted octanol–water partition coefficient (Wildman–Crippen LogP) is 5.05. The van der Waals surface area contributed by atoms with Gasteiger partial charge >= 0.3 is 12.2 Å². The Kier molecular flexibility index (Phi) is 8.96. The van der Waals surface area contributed by atoms with Crippen LogP contribution in [-0.2, 0) is 9.47 Å². The van der Waals surface area contributed by atoms with Crippen molar-refractivity contribution in [3.05, 3.63) is 33.3 Å². The van der Waals surface area contributed by atoms with Gasteiger partial charge in [-0.15, -0.1) is 0 Å². The van der Waals surface area contributed by atoms with Crippen LogP contribution in [0, 0.1) is 0 Å². The SMILES string of the molecule is CC(C)(C)OC(=O)NCCN(CC(=O)c1cc(Cl)cc(Br)c1)C(=O)OC(C)(C)C. The van der Waals surface area contributed by atoms with Crippen molar-refractivity contribution in [2.75, 3.05) is 19.6 Å². The van der Waals surface area contributed by atoms with Crippen molar-refractivity contribution in [3.8, 4) is 0 Å². The van der Waals surface area contributed by atoms with Crippen LogP contribution in [0.25, 0.3) is 0 Å². The second-order valence-electron chi connectivity index (χ2n) is 8.41. The van der Waals surface area contributed by atoms with Gasteiger partial charge in [-0.1, -0.05) is 27.5 Å². The topological polar surface area (TPSA) is 84.9 Å². The van der Waals surface area contributed by atoms with Crippen LogP contribution < -0.4 is 5.32 Å². The number of ketones is 1. The fraction of sp³-hybridized carbons (Fsp3) is 0.550. The molecule has 0 aromatic heterocycles. The van der Waals surface area contributed by atoms with Crippen molar-refractivity contribution in [2.24, 2.45) is 0 Å². The van der Waals surface area contributed by atoms with Gasteiger partial charge in [0.15, 0.2) is 5.78 Å². The second kappa shape index (κ2) is 10.3. The lowest BCUT2D eigenvalue weighted by molar-refractivity contribution is 0.0239. The van der Waals surface area contributed by atoms with Gasteiger partial charge in [0.2, 0.25) is 0 Å². The van der Waals surface area contributed by atoms with Gasteiger partial charge < -0.3 is 14.8 Å². The average molecular weight is 492 g/mol. The summed E-state index contributed by atoms with van der Waals surface area (Å²) < 4.78 is 11.2. The predicted molar refractivity (Wildman–Crippen MR) is 116 cm³/mol. The summed E-state index contributed by atoms with van der Waals surface area (Å²) in [6, 6.07) is 4.82. The van der Waals surface area contributed by atoms with Gasteiger partial charge in [-0.3, -0.25) is 9.69 Å². The van der Waals surface area contributed by atoms with Crippen molar-refractivity contribution in [2.45, 2.75) is 52.7 Å². The maximum atomic E-state index is 12.7. The quantitative estimate of drug-likeness (QED) is 0.563. The number of carbonyl (C=O) groups is 3. The van der Waals surface area contributed by atoms with Gasteiger partial charge in [0.25, 0.3) is 0 Å². The highest BCUT2D eigenvalue weighted by Gasteiger charge is 2.25. The van der Waals surface area contributed by atoms with E-state index in [0.29, 0.717) is 15.1 Å². The van der Waals surface area contributed by atoms with Crippen LogP contribution in [-0.4, -0.2) is 53.7 Å². The highest BCUT2D eigenvalue weighted by molar-refractivity contribution is 9.10. The number of halogens is 2. The van der Waals surface area contributed by atoms with Crippen molar-refractivity contribution >= 4 is 45.5 Å². The molecule has 0 aliphatic carbocycles. The summed E-state index contributed by atoms with van der Waals surface area (Å²) in [5.41, 5.74) is -1.00. The van der Waals surface area contributed by atoms with Crippen LogP contribution in [0.5, 0.6) is 0 Å². The first-order valence-corrected chi connectivity index (χ1v) is 10.3. The number of benzene rings is 1. The maximum Gasteiger partial charge on any atom is 0.410 e. The molecule has 0 bridgehead atoms. The Morgan fingerprint density at radius 1 is 1.03 bits per heavy atom. The number of carbonyl (C=O) groups excluding carboxylic acids is 3. The molecule has 0 saturated carbocycles. The molecule has 0 atom stereocenters. The Hall–Kier alpha value is -1.80. The monoisotopic (exact) mass is 490 g/mol. The minimum absolute atomic E-state index is 0.0711. The molecule has 1 N–H and O–H groups in total. The van der Waals surface area contributed by atoms with E-state index in [9.17, 15) is 14.4 Å². The molecular weight excluding hydrogens is 464 g/mol. The van der Waals surface area contributed by atoms with Crippen LogP contribution in [0.4, 0.5) is 9.59 Å². The van der Waals surface area contributed by atoms with E-state index in [2.05, 4.69) is 21.2 Å². The Labute approximate surface area is 185 Å². The number of hydrogen-bond donors (Lipinski definition) is 1. The molecule has 1 aromatic rings. The molecular formula is C20H28BrClN2O5. The smallest absolute Gasteiger partial charge is 0.410 e. The zero-order valence-electron chi connectivity index (χ0n) is 17.6. The Bertz CT molecular complexity index is 736. The average Bonchev–Trinajstić information content (AvgIpc) is 2.49. The van der Waals surface area contributed by atoms with Gasteiger partial charge in [-0.25, -0.2) is 9.59 Å². The molecule has 0 aliphatic heterocycles. The molecule has 0 radical (unpaired) electrons. The molecule has 29 heavy (non-hydrogen) atoms. The largest absolute Gasteiger partial charge is 0.444 e. The molecule has 7 nitrogen and oxygen atoms in total. The first-order valence-electron chi connectivity index (χ1n) is 9.10. The molecule has 2 amide bonds. The number of hydrogen-bond acceptors (Lipinski definition) is 5. The highest BCUT2D eigenvalue weighted by atomic mass is 79.9. The van der Waals surface area contributed by atoms with Crippen molar-refractivity contribution in [1.82, 2.24) is 10.2 Å². The van der Waals surface area contributed by atoms with Crippen molar-refractivity contribution in [3.63, 3.8) is 0 Å². The lowest BCUT2D eigenvalue weighted by Gasteiger charge is -2.27. The van der Waals surface area contributed by atoms with E-state index in [1.54, 1.807) is 53.7 Å². The molecule has 0 aliphatic rings. The number of alkyl carbamates (subject to hydrolysis) is 1. The number of Topliss-reactive ketones (excluding diaryl/α,β-unsaturated/α-hetero) is 1. The molecule has 0 heterocycles. The van der Waals surface area contributed by atoms with Gasteiger partial charge in [0, 0.05) is 28.1 Å². The molecule has 162 valence electrons. The number of nitrogens with one attached hydrogen (secondary N) is 1. The summed E-state index contributed by atoms with van der Waals surface area (Å²) in [6.45, 7) is 10.4. The highest BCUT2D eigenvalue weighted by Crippen LogP contribution is 2.20. The minimum Gasteiger partial charge on any atom is -0.444 e. The van der Waals surface area contributed by atoms with E-state index < -0.39 is 23.4 Å². The van der Waals surface area contributed by atoms with Gasteiger partial charge in [-0.05, 0) is 59.7 Å². The van der Waals surface area contributed by atoms with Crippen LogP contribution in [0.1, 0.15) is 51.9 Å². The first-order chi connectivity index (χ1) is 13.2. The van der Waals surface area contributed by atoms with E-state index in [0.717, 1.165) is 0 Å². The van der Waals surface area contributed by atoms with E-state index in [-0.39, 0.29) is 25.4 Å². The minimum atomic E-state index is -0.726. The number of rotatable bonds is 6. The molecule has 1 aromatic carbocycles. The Morgan fingerprint density at radius 2 is 1.62 bits per heavy atom. The normalized spacial score (nSPS) is 11.6. The summed E-state index contributed by atoms with van der Waals surface area (Å²) in [5.74, 6) is -0.309. The first kappa shape index (κ1) is 25.2. The number of ether oxygens (including phenoxy) is 2. The number of nitrogens with zero attached hydrogens (tertiary/aromatic N) is 1. The molecule has 9 heteroatoms. The van der Waals surface area contributed by atoms with Crippen LogP contribution >= 0.6 is 27.5 Å². The van der Waals surface area contributed by atoms with Crippen LogP contribution in [0.15, 0.2) is 22.7 Å². The summed E-state index contributed by atoms with van der Waals surface area (Å²) in [5, 5.41) is 2.97. The van der Waals surface area contributed by atoms with Crippen LogP contribution in [0.3, 0.4) is 0 Å². The fourth-order valence-electron chi connectivity index (χ4n) is 2.15. The summed E-state index contributed by atoms with van der Waals surface area (Å²) in [6.07, 6.45) is -1.26. The van der Waals surface area contributed by atoms with E-state index in [4.69, 9.17) is 21.1 Å². The number of amides is 2. The lowest BCUT2D eigenvalue weighted by atomic mass is 10.1. The standard InChI is InChI=1S/C20H28BrClN2O5/c1-19(2,3)28-17(26)23-7-8-24(18(27)29-20(4,5)6)12-16(25)13-9-14(21)11-15(22)10-13/h9-11H,7-8,12H2,1-6H3,(H,23,26). The summed E-state index contributed by atoms with van der Waals surface area (Å²) in [7, 11) is 0. The van der Waals surface area contributed by atoms with Gasteiger partial charge in [0.05, 0.1) is 6.54 Å². The third-order valence-electron chi connectivity index (χ3n) is 3.22. The van der Waals surface area contributed by atoms with Crippen LogP contribution in [0.2, 0.25) is 5.02 Å². The fourth-order valence-corrected chi connectivity index (χ4v) is 3.01. The van der Waals surface area contributed by atoms with E-state index in [1.165, 1.54) is 11.0 Å². The van der Waals surface area contributed by atoms with Crippen molar-refractivity contribution in [1.29, 1.82) is 0 Å². The third-order valence-corrected chi connectivity index (χ3v) is 3.90.